The van der Waals surface area contributed by atoms with Crippen molar-refractivity contribution in [3.63, 3.8) is 0 Å². The second-order valence-corrected chi connectivity index (χ2v) is 9.96. The molecule has 0 N–H and O–H groups in total. The molecule has 2 fully saturated rings. The van der Waals surface area contributed by atoms with Gasteiger partial charge in [0.15, 0.2) is 0 Å². The first-order chi connectivity index (χ1) is 17.7. The number of hydrogen-bond acceptors (Lipinski definition) is 5. The Morgan fingerprint density at radius 1 is 1.06 bits per heavy atom. The van der Waals surface area contributed by atoms with Crippen molar-refractivity contribution >= 4 is 22.5 Å². The van der Waals surface area contributed by atoms with E-state index in [1.165, 1.54) is 5.56 Å². The van der Waals surface area contributed by atoms with Crippen LogP contribution in [0.1, 0.15) is 43.7 Å². The smallest absolute Gasteiger partial charge is 0.225 e. The molecule has 0 aliphatic carbocycles. The molecule has 2 aliphatic rings. The molecule has 6 nitrogen and oxygen atoms in total. The normalized spacial score (nSPS) is 17.2. The average molecular weight is 483 g/mol. The first-order valence-corrected chi connectivity index (χ1v) is 13.2. The van der Waals surface area contributed by atoms with Gasteiger partial charge in [-0.1, -0.05) is 30.3 Å². The SMILES string of the molecule is CCOc1ccc2ncc(C#N)c(N3CCC(C(=O)N4CCC(Cc5ccccc5)CC4)CC3)c2c1. The third-order valence-electron chi connectivity index (χ3n) is 7.70. The first kappa shape index (κ1) is 24.1. The summed E-state index contributed by atoms with van der Waals surface area (Å²) in [6.45, 7) is 5.79. The van der Waals surface area contributed by atoms with Gasteiger partial charge in [0.2, 0.25) is 5.91 Å². The maximum absolute atomic E-state index is 13.3. The quantitative estimate of drug-likeness (QED) is 0.483. The predicted octanol–water partition coefficient (Wildman–Crippen LogP) is 5.20. The zero-order chi connectivity index (χ0) is 24.9. The molecule has 0 bridgehead atoms. The third kappa shape index (κ3) is 5.16. The number of carbonyl (C=O) groups excluding carboxylic acids is 1. The number of nitriles is 1. The number of nitrogens with zero attached hydrogens (tertiary/aromatic N) is 4. The Kier molecular flexibility index (Phi) is 7.36. The van der Waals surface area contributed by atoms with Crippen LogP contribution in [-0.4, -0.2) is 48.6 Å². The van der Waals surface area contributed by atoms with E-state index < -0.39 is 0 Å². The number of aromatic nitrogens is 1. The number of pyridine rings is 1. The highest BCUT2D eigenvalue weighted by Crippen LogP contribution is 2.35. The topological polar surface area (TPSA) is 69.5 Å². The van der Waals surface area contributed by atoms with Gasteiger partial charge in [-0.2, -0.15) is 5.26 Å². The summed E-state index contributed by atoms with van der Waals surface area (Å²) in [7, 11) is 0. The molecule has 1 aromatic heterocycles. The number of hydrogen-bond donors (Lipinski definition) is 0. The molecule has 0 spiro atoms. The zero-order valence-corrected chi connectivity index (χ0v) is 21.0. The second kappa shape index (κ2) is 11.0. The Bertz CT molecular complexity index is 1240. The van der Waals surface area contributed by atoms with Crippen LogP contribution in [0.15, 0.2) is 54.7 Å². The van der Waals surface area contributed by atoms with Crippen molar-refractivity contribution < 1.29 is 9.53 Å². The first-order valence-electron chi connectivity index (χ1n) is 13.2. The lowest BCUT2D eigenvalue weighted by molar-refractivity contribution is -0.137. The van der Waals surface area contributed by atoms with Crippen LogP contribution in [-0.2, 0) is 11.2 Å². The van der Waals surface area contributed by atoms with Gasteiger partial charge in [-0.3, -0.25) is 9.78 Å². The number of piperidine rings is 2. The molecule has 5 rings (SSSR count). The maximum atomic E-state index is 13.3. The number of rotatable bonds is 6. The number of fused-ring (bicyclic) bond motifs is 1. The number of anilines is 1. The van der Waals surface area contributed by atoms with E-state index in [2.05, 4.69) is 51.2 Å². The molecule has 2 aliphatic heterocycles. The molecule has 0 radical (unpaired) electrons. The van der Waals surface area contributed by atoms with Crippen molar-refractivity contribution in [3.8, 4) is 11.8 Å². The van der Waals surface area contributed by atoms with Crippen LogP contribution in [0.2, 0.25) is 0 Å². The Labute approximate surface area is 213 Å². The van der Waals surface area contributed by atoms with Gasteiger partial charge in [0.25, 0.3) is 0 Å². The van der Waals surface area contributed by atoms with E-state index >= 15 is 0 Å². The van der Waals surface area contributed by atoms with E-state index in [9.17, 15) is 10.1 Å². The monoisotopic (exact) mass is 482 g/mol. The van der Waals surface area contributed by atoms with Gasteiger partial charge < -0.3 is 14.5 Å². The summed E-state index contributed by atoms with van der Waals surface area (Å²) in [4.78, 5) is 22.2. The van der Waals surface area contributed by atoms with Crippen molar-refractivity contribution in [2.45, 2.75) is 39.0 Å². The fourth-order valence-corrected chi connectivity index (χ4v) is 5.75. The lowest BCUT2D eigenvalue weighted by Crippen LogP contribution is -2.45. The van der Waals surface area contributed by atoms with Gasteiger partial charge in [-0.25, -0.2) is 0 Å². The van der Waals surface area contributed by atoms with Gasteiger partial charge in [-0.05, 0) is 68.7 Å². The van der Waals surface area contributed by atoms with Crippen LogP contribution >= 0.6 is 0 Å². The van der Waals surface area contributed by atoms with E-state index in [1.54, 1.807) is 6.20 Å². The molecule has 1 amide bonds. The standard InChI is InChI=1S/C30H34N4O2/c1-2-36-26-8-9-28-27(19-26)29(25(20-31)21-32-28)33-16-12-24(13-17-33)30(35)34-14-10-23(11-15-34)18-22-6-4-3-5-7-22/h3-9,19,21,23-24H,2,10-18H2,1H3. The van der Waals surface area contributed by atoms with Crippen molar-refractivity contribution in [3.05, 3.63) is 65.9 Å². The molecule has 3 aromatic rings. The highest BCUT2D eigenvalue weighted by atomic mass is 16.5. The largest absolute Gasteiger partial charge is 0.494 e. The summed E-state index contributed by atoms with van der Waals surface area (Å²) < 4.78 is 5.71. The van der Waals surface area contributed by atoms with E-state index in [4.69, 9.17) is 4.74 Å². The molecular formula is C30H34N4O2. The molecular weight excluding hydrogens is 448 g/mol. The Balaban J connectivity index is 1.22. The summed E-state index contributed by atoms with van der Waals surface area (Å²) in [5.41, 5.74) is 3.73. The zero-order valence-electron chi connectivity index (χ0n) is 21.0. The summed E-state index contributed by atoms with van der Waals surface area (Å²) in [6.07, 6.45) is 6.54. The summed E-state index contributed by atoms with van der Waals surface area (Å²) in [5, 5.41) is 10.7. The number of benzene rings is 2. The van der Waals surface area contributed by atoms with Gasteiger partial charge in [-0.15, -0.1) is 0 Å². The Morgan fingerprint density at radius 2 is 1.81 bits per heavy atom. The number of likely N-dealkylation sites (tertiary alicyclic amines) is 1. The van der Waals surface area contributed by atoms with E-state index in [0.717, 1.165) is 80.6 Å². The Hall–Kier alpha value is -3.59. The average Bonchev–Trinajstić information content (AvgIpc) is 2.93. The van der Waals surface area contributed by atoms with Crippen molar-refractivity contribution in [2.75, 3.05) is 37.7 Å². The highest BCUT2D eigenvalue weighted by molar-refractivity contribution is 5.95. The minimum Gasteiger partial charge on any atom is -0.494 e. The van der Waals surface area contributed by atoms with Crippen LogP contribution in [0.25, 0.3) is 10.9 Å². The van der Waals surface area contributed by atoms with Crippen LogP contribution in [0.5, 0.6) is 5.75 Å². The number of carbonyl (C=O) groups is 1. The van der Waals surface area contributed by atoms with Gasteiger partial charge in [0.1, 0.15) is 11.8 Å². The van der Waals surface area contributed by atoms with Crippen LogP contribution in [0.3, 0.4) is 0 Å². The molecule has 0 saturated carbocycles. The predicted molar refractivity (Wildman–Crippen MR) is 142 cm³/mol. The fourth-order valence-electron chi connectivity index (χ4n) is 5.75. The minimum atomic E-state index is 0.0598. The summed E-state index contributed by atoms with van der Waals surface area (Å²) in [5.74, 6) is 1.81. The van der Waals surface area contributed by atoms with E-state index in [-0.39, 0.29) is 5.92 Å². The van der Waals surface area contributed by atoms with Crippen LogP contribution in [0.4, 0.5) is 5.69 Å². The lowest BCUT2D eigenvalue weighted by atomic mass is 9.88. The molecule has 0 atom stereocenters. The molecule has 2 saturated heterocycles. The van der Waals surface area contributed by atoms with Crippen molar-refractivity contribution in [1.82, 2.24) is 9.88 Å². The number of amides is 1. The molecule has 186 valence electrons. The molecule has 0 unspecified atom stereocenters. The number of ether oxygens (including phenoxy) is 1. The molecule has 36 heavy (non-hydrogen) atoms. The third-order valence-corrected chi connectivity index (χ3v) is 7.70. The van der Waals surface area contributed by atoms with Gasteiger partial charge in [0.05, 0.1) is 23.4 Å². The summed E-state index contributed by atoms with van der Waals surface area (Å²) in [6, 6.07) is 18.8. The van der Waals surface area contributed by atoms with Crippen LogP contribution in [0, 0.1) is 23.2 Å². The van der Waals surface area contributed by atoms with Crippen molar-refractivity contribution in [1.29, 1.82) is 5.26 Å². The highest BCUT2D eigenvalue weighted by Gasteiger charge is 2.32. The molecule has 6 heteroatoms. The lowest BCUT2D eigenvalue weighted by Gasteiger charge is -2.38. The van der Waals surface area contributed by atoms with Crippen LogP contribution < -0.4 is 9.64 Å². The Morgan fingerprint density at radius 3 is 2.50 bits per heavy atom. The molecule has 3 heterocycles. The second-order valence-electron chi connectivity index (χ2n) is 9.96. The van der Waals surface area contributed by atoms with Crippen molar-refractivity contribution in [2.24, 2.45) is 11.8 Å². The minimum absolute atomic E-state index is 0.0598. The van der Waals surface area contributed by atoms with E-state index in [1.807, 2.05) is 25.1 Å². The van der Waals surface area contributed by atoms with Gasteiger partial charge in [0, 0.05) is 43.7 Å². The van der Waals surface area contributed by atoms with Gasteiger partial charge >= 0.3 is 0 Å². The van der Waals surface area contributed by atoms with E-state index in [0.29, 0.717) is 24.0 Å². The fraction of sp³-hybridized carbons (Fsp3) is 0.433. The molecule has 2 aromatic carbocycles. The maximum Gasteiger partial charge on any atom is 0.225 e. The summed E-state index contributed by atoms with van der Waals surface area (Å²) >= 11 is 0.